The molecule has 4 saturated carbocycles. The van der Waals surface area contributed by atoms with Gasteiger partial charge >= 0.3 is 0 Å². The van der Waals surface area contributed by atoms with Crippen LogP contribution < -0.4 is 10.6 Å². The molecule has 0 spiro atoms. The summed E-state index contributed by atoms with van der Waals surface area (Å²) in [5.41, 5.74) is 2.59. The maximum atomic E-state index is 10.9. The molecule has 0 aliphatic heterocycles. The first-order valence-electron chi connectivity index (χ1n) is 11.9. The van der Waals surface area contributed by atoms with Crippen LogP contribution in [0.5, 0.6) is 0 Å². The van der Waals surface area contributed by atoms with Crippen LogP contribution in [0.4, 0.5) is 17.5 Å². The van der Waals surface area contributed by atoms with E-state index in [4.69, 9.17) is 9.40 Å². The number of aryl methyl sites for hydroxylation is 2. The summed E-state index contributed by atoms with van der Waals surface area (Å²) < 4.78 is 5.50. The van der Waals surface area contributed by atoms with Crippen molar-refractivity contribution in [2.24, 2.45) is 17.8 Å². The van der Waals surface area contributed by atoms with Gasteiger partial charge in [0.25, 0.3) is 0 Å². The quantitative estimate of drug-likeness (QED) is 0.518. The number of aromatic nitrogens is 4. The number of rotatable bonds is 6. The molecule has 7 rings (SSSR count). The van der Waals surface area contributed by atoms with Gasteiger partial charge in [-0.15, -0.1) is 10.2 Å². The third-order valence-electron chi connectivity index (χ3n) is 7.62. The molecule has 33 heavy (non-hydrogen) atoms. The Kier molecular flexibility index (Phi) is 4.87. The number of hydrogen-bond donors (Lipinski definition) is 3. The first-order chi connectivity index (χ1) is 15.9. The third kappa shape index (κ3) is 4.08. The number of aliphatic hydroxyl groups is 1. The van der Waals surface area contributed by atoms with E-state index in [1.165, 1.54) is 12.8 Å². The molecule has 8 nitrogen and oxygen atoms in total. The van der Waals surface area contributed by atoms with Crippen molar-refractivity contribution in [2.75, 3.05) is 10.6 Å². The van der Waals surface area contributed by atoms with Crippen LogP contribution in [0.15, 0.2) is 34.9 Å². The molecule has 4 aliphatic carbocycles. The van der Waals surface area contributed by atoms with Crippen molar-refractivity contribution in [3.05, 3.63) is 53.4 Å². The van der Waals surface area contributed by atoms with Gasteiger partial charge in [0, 0.05) is 30.4 Å². The van der Waals surface area contributed by atoms with E-state index in [0.29, 0.717) is 47.9 Å². The number of nitrogens with zero attached hydrogens (tertiary/aromatic N) is 4. The number of hydrogen-bond acceptors (Lipinski definition) is 8. The van der Waals surface area contributed by atoms with E-state index < -0.39 is 5.60 Å². The summed E-state index contributed by atoms with van der Waals surface area (Å²) in [5, 5.41) is 26.0. The number of nitrogens with one attached hydrogen (secondary N) is 2. The first kappa shape index (κ1) is 20.6. The zero-order valence-corrected chi connectivity index (χ0v) is 19.1. The highest BCUT2D eigenvalue weighted by Crippen LogP contribution is 2.56. The monoisotopic (exact) mass is 446 g/mol. The van der Waals surface area contributed by atoms with Gasteiger partial charge in [-0.2, -0.15) is 4.98 Å². The Morgan fingerprint density at radius 1 is 1.12 bits per heavy atom. The predicted octanol–water partition coefficient (Wildman–Crippen LogP) is 4.16. The highest BCUT2D eigenvalue weighted by molar-refractivity contribution is 5.57. The van der Waals surface area contributed by atoms with Crippen molar-refractivity contribution in [3.8, 4) is 0 Å². The van der Waals surface area contributed by atoms with Crippen LogP contribution in [-0.4, -0.2) is 36.9 Å². The molecule has 4 bridgehead atoms. The van der Waals surface area contributed by atoms with Crippen LogP contribution in [0, 0.1) is 31.6 Å². The van der Waals surface area contributed by atoms with Crippen molar-refractivity contribution in [1.82, 2.24) is 20.2 Å². The van der Waals surface area contributed by atoms with Gasteiger partial charge in [0.1, 0.15) is 5.82 Å². The molecule has 3 N–H and O–H groups in total. The maximum absolute atomic E-state index is 10.9. The normalized spacial score (nSPS) is 29.9. The van der Waals surface area contributed by atoms with Crippen molar-refractivity contribution in [2.45, 2.75) is 64.0 Å². The SMILES string of the molecule is Cc1nnc(Cc2cccc(Nc3ncc(C)c(NC4C5CC6CC4CC(O)(C6)C5)n3)c2)o1. The Morgan fingerprint density at radius 3 is 2.67 bits per heavy atom. The molecule has 172 valence electrons. The van der Waals surface area contributed by atoms with E-state index in [1.807, 2.05) is 37.4 Å². The van der Waals surface area contributed by atoms with E-state index in [2.05, 4.69) is 25.8 Å². The van der Waals surface area contributed by atoms with Crippen molar-refractivity contribution >= 4 is 17.5 Å². The Balaban J connectivity index is 1.18. The van der Waals surface area contributed by atoms with Crippen LogP contribution in [0.25, 0.3) is 0 Å². The molecule has 0 saturated heterocycles. The van der Waals surface area contributed by atoms with E-state index >= 15 is 0 Å². The summed E-state index contributed by atoms with van der Waals surface area (Å²) in [6.45, 7) is 3.84. The third-order valence-corrected chi connectivity index (χ3v) is 7.62. The van der Waals surface area contributed by atoms with E-state index in [0.717, 1.165) is 41.9 Å². The minimum absolute atomic E-state index is 0.379. The molecule has 2 atom stereocenters. The van der Waals surface area contributed by atoms with Gasteiger partial charge in [-0.3, -0.25) is 0 Å². The van der Waals surface area contributed by atoms with Crippen LogP contribution >= 0.6 is 0 Å². The Morgan fingerprint density at radius 2 is 1.94 bits per heavy atom. The van der Waals surface area contributed by atoms with Crippen LogP contribution in [0.3, 0.4) is 0 Å². The van der Waals surface area contributed by atoms with Crippen LogP contribution in [0.1, 0.15) is 55.0 Å². The lowest BCUT2D eigenvalue weighted by molar-refractivity contribution is -0.129. The summed E-state index contributed by atoms with van der Waals surface area (Å²) in [4.78, 5) is 9.32. The summed E-state index contributed by atoms with van der Waals surface area (Å²) in [6.07, 6.45) is 7.72. The van der Waals surface area contributed by atoms with Gasteiger partial charge in [0.15, 0.2) is 0 Å². The maximum Gasteiger partial charge on any atom is 0.229 e. The van der Waals surface area contributed by atoms with Gasteiger partial charge in [-0.05, 0) is 74.5 Å². The minimum Gasteiger partial charge on any atom is -0.425 e. The van der Waals surface area contributed by atoms with Crippen LogP contribution in [0.2, 0.25) is 0 Å². The molecule has 4 aliphatic rings. The zero-order valence-electron chi connectivity index (χ0n) is 19.1. The van der Waals surface area contributed by atoms with Gasteiger partial charge in [0.2, 0.25) is 17.7 Å². The fraction of sp³-hybridized carbons (Fsp3) is 0.520. The smallest absolute Gasteiger partial charge is 0.229 e. The molecule has 1 aromatic carbocycles. The number of anilines is 3. The largest absolute Gasteiger partial charge is 0.425 e. The van der Waals surface area contributed by atoms with E-state index in [1.54, 1.807) is 6.92 Å². The van der Waals surface area contributed by atoms with Crippen molar-refractivity contribution < 1.29 is 9.52 Å². The minimum atomic E-state index is -0.424. The molecule has 3 aromatic rings. The summed E-state index contributed by atoms with van der Waals surface area (Å²) in [6, 6.07) is 8.46. The average Bonchev–Trinajstić information content (AvgIpc) is 3.16. The summed E-state index contributed by atoms with van der Waals surface area (Å²) >= 11 is 0. The fourth-order valence-electron chi connectivity index (χ4n) is 6.50. The molecular weight excluding hydrogens is 416 g/mol. The molecule has 0 amide bonds. The molecule has 2 unspecified atom stereocenters. The first-order valence-corrected chi connectivity index (χ1v) is 11.9. The standard InChI is InChI=1S/C25H30N6O2/c1-14-13-26-24(27-20-5-3-4-16(8-20)9-21-31-30-15(2)33-21)29-23(14)28-22-18-6-17-7-19(22)12-25(32,10-17)11-18/h3-5,8,13,17-19,22,32H,6-7,9-12H2,1-2H3,(H2,26,27,28,29). The Labute approximate surface area is 193 Å². The fourth-order valence-corrected chi connectivity index (χ4v) is 6.50. The second kappa shape index (κ2) is 7.80. The predicted molar refractivity (Wildman–Crippen MR) is 124 cm³/mol. The molecule has 8 heteroatoms. The number of benzene rings is 1. The topological polar surface area (TPSA) is 109 Å². The van der Waals surface area contributed by atoms with Crippen molar-refractivity contribution in [3.63, 3.8) is 0 Å². The lowest BCUT2D eigenvalue weighted by Crippen LogP contribution is -2.59. The molecular formula is C25H30N6O2. The summed E-state index contributed by atoms with van der Waals surface area (Å²) in [5.74, 6) is 4.36. The molecule has 2 heterocycles. The van der Waals surface area contributed by atoms with E-state index in [9.17, 15) is 5.11 Å². The van der Waals surface area contributed by atoms with Crippen molar-refractivity contribution in [1.29, 1.82) is 0 Å². The second-order valence-corrected chi connectivity index (χ2v) is 10.3. The average molecular weight is 447 g/mol. The second-order valence-electron chi connectivity index (χ2n) is 10.3. The molecule has 4 fully saturated rings. The lowest BCUT2D eigenvalue weighted by Gasteiger charge is -2.58. The Bertz CT molecular complexity index is 1160. The van der Waals surface area contributed by atoms with Crippen LogP contribution in [-0.2, 0) is 6.42 Å². The molecule has 0 radical (unpaired) electrons. The lowest BCUT2D eigenvalue weighted by atomic mass is 9.52. The highest BCUT2D eigenvalue weighted by Gasteiger charge is 2.54. The highest BCUT2D eigenvalue weighted by atomic mass is 16.4. The zero-order chi connectivity index (χ0) is 22.6. The van der Waals surface area contributed by atoms with E-state index in [-0.39, 0.29) is 0 Å². The Hall–Kier alpha value is -3.00. The van der Waals surface area contributed by atoms with Gasteiger partial charge < -0.3 is 20.2 Å². The van der Waals surface area contributed by atoms with Gasteiger partial charge in [-0.1, -0.05) is 12.1 Å². The molecule has 2 aromatic heterocycles. The van der Waals surface area contributed by atoms with Gasteiger partial charge in [-0.25, -0.2) is 4.98 Å². The van der Waals surface area contributed by atoms with Gasteiger partial charge in [0.05, 0.1) is 12.0 Å². The summed E-state index contributed by atoms with van der Waals surface area (Å²) in [7, 11) is 0.